The lowest BCUT2D eigenvalue weighted by Gasteiger charge is -1.97. The summed E-state index contributed by atoms with van der Waals surface area (Å²) in [4.78, 5) is 0. The van der Waals surface area contributed by atoms with Crippen molar-refractivity contribution in [2.75, 3.05) is 7.05 Å². The van der Waals surface area contributed by atoms with Crippen LogP contribution in [0, 0.1) is 0 Å². The highest BCUT2D eigenvalue weighted by molar-refractivity contribution is 5.24. The number of rotatable bonds is 1. The summed E-state index contributed by atoms with van der Waals surface area (Å²) in [5.74, 6) is 0. The number of allylic oxidation sites excluding steroid dienone is 9. The van der Waals surface area contributed by atoms with Crippen molar-refractivity contribution >= 4 is 0 Å². The maximum Gasteiger partial charge on any atom is 0.0300 e. The van der Waals surface area contributed by atoms with Crippen molar-refractivity contribution in [2.24, 2.45) is 0 Å². The molecule has 1 aliphatic carbocycles. The molecule has 0 radical (unpaired) electrons. The lowest BCUT2D eigenvalue weighted by atomic mass is 10.3. The molecule has 0 aliphatic heterocycles. The second-order valence-electron chi connectivity index (χ2n) is 2.70. The molecule has 1 rings (SSSR count). The monoisotopic (exact) mass is 173 g/mol. The highest BCUT2D eigenvalue weighted by Crippen LogP contribution is 1.97. The fourth-order valence-electron chi connectivity index (χ4n) is 1.02. The van der Waals surface area contributed by atoms with E-state index in [0.717, 1.165) is 12.1 Å². The smallest absolute Gasteiger partial charge is 0.0300 e. The van der Waals surface area contributed by atoms with Crippen molar-refractivity contribution < 1.29 is 0 Å². The van der Waals surface area contributed by atoms with E-state index in [0.29, 0.717) is 0 Å². The topological polar surface area (TPSA) is 12.0 Å². The Labute approximate surface area is 79.8 Å². The Morgan fingerprint density at radius 3 is 2.46 bits per heavy atom. The average molecular weight is 173 g/mol. The van der Waals surface area contributed by atoms with E-state index in [1.54, 1.807) is 0 Å². The third kappa shape index (κ3) is 4.16. The minimum atomic E-state index is 0.963. The van der Waals surface area contributed by atoms with Crippen LogP contribution < -0.4 is 5.32 Å². The first kappa shape index (κ1) is 9.59. The summed E-state index contributed by atoms with van der Waals surface area (Å²) >= 11 is 0. The van der Waals surface area contributed by atoms with Gasteiger partial charge in [0.05, 0.1) is 0 Å². The molecule has 1 aliphatic rings. The highest BCUT2D eigenvalue weighted by Gasteiger charge is 1.83. The van der Waals surface area contributed by atoms with Crippen molar-refractivity contribution in [3.63, 3.8) is 0 Å². The molecule has 0 amide bonds. The molecule has 0 aromatic carbocycles. The van der Waals surface area contributed by atoms with Gasteiger partial charge in [0.15, 0.2) is 0 Å². The first-order valence-electron chi connectivity index (χ1n) is 4.48. The number of likely N-dealkylation sites (N-methyl/N-ethyl adjacent to an activating group) is 1. The van der Waals surface area contributed by atoms with Crippen molar-refractivity contribution in [1.29, 1.82) is 0 Å². The maximum atomic E-state index is 3.13. The molecule has 0 saturated heterocycles. The zero-order valence-electron chi connectivity index (χ0n) is 7.90. The van der Waals surface area contributed by atoms with Crippen LogP contribution in [0.2, 0.25) is 0 Å². The number of hydrogen-bond donors (Lipinski definition) is 1. The van der Waals surface area contributed by atoms with Gasteiger partial charge < -0.3 is 5.32 Å². The van der Waals surface area contributed by atoms with Gasteiger partial charge in [-0.15, -0.1) is 0 Å². The zero-order valence-corrected chi connectivity index (χ0v) is 7.90. The number of hydrogen-bond acceptors (Lipinski definition) is 1. The van der Waals surface area contributed by atoms with Gasteiger partial charge in [-0.25, -0.2) is 0 Å². The van der Waals surface area contributed by atoms with E-state index >= 15 is 0 Å². The predicted octanol–water partition coefficient (Wildman–Crippen LogP) is 2.72. The Balaban J connectivity index is 2.73. The molecule has 0 fully saturated rings. The molecular weight excluding hydrogens is 158 g/mol. The average Bonchev–Trinajstić information content (AvgIpc) is 2.22. The molecule has 1 N–H and O–H groups in total. The van der Waals surface area contributed by atoms with E-state index in [1.165, 1.54) is 0 Å². The van der Waals surface area contributed by atoms with Crippen LogP contribution in [0.5, 0.6) is 0 Å². The SMILES string of the molecule is CNC1=C\C\C=C/C=C\C=C/C=C/1. The molecule has 1 heteroatoms. The lowest BCUT2D eigenvalue weighted by Crippen LogP contribution is -2.02. The maximum absolute atomic E-state index is 3.13. The van der Waals surface area contributed by atoms with Crippen LogP contribution in [-0.2, 0) is 0 Å². The van der Waals surface area contributed by atoms with Gasteiger partial charge in [0.1, 0.15) is 0 Å². The normalized spacial score (nSPS) is 30.4. The van der Waals surface area contributed by atoms with Gasteiger partial charge in [-0.3, -0.25) is 0 Å². The minimum Gasteiger partial charge on any atom is -0.388 e. The summed E-state index contributed by atoms with van der Waals surface area (Å²) in [6, 6.07) is 0. The van der Waals surface area contributed by atoms with Crippen LogP contribution in [0.3, 0.4) is 0 Å². The Morgan fingerprint density at radius 1 is 1.00 bits per heavy atom. The van der Waals surface area contributed by atoms with Gasteiger partial charge >= 0.3 is 0 Å². The van der Waals surface area contributed by atoms with Crippen molar-refractivity contribution in [2.45, 2.75) is 6.42 Å². The van der Waals surface area contributed by atoms with E-state index in [4.69, 9.17) is 0 Å². The van der Waals surface area contributed by atoms with E-state index in [1.807, 2.05) is 37.4 Å². The Morgan fingerprint density at radius 2 is 1.69 bits per heavy atom. The van der Waals surface area contributed by atoms with Gasteiger partial charge in [-0.2, -0.15) is 0 Å². The summed E-state index contributed by atoms with van der Waals surface area (Å²) in [6.45, 7) is 0. The first-order valence-corrected chi connectivity index (χ1v) is 4.48. The molecule has 1 nitrogen and oxygen atoms in total. The summed E-state index contributed by atoms with van der Waals surface area (Å²) in [5, 5.41) is 3.13. The van der Waals surface area contributed by atoms with Gasteiger partial charge in [0.2, 0.25) is 0 Å². The summed E-state index contributed by atoms with van der Waals surface area (Å²) in [7, 11) is 1.93. The second kappa shape index (κ2) is 6.06. The second-order valence-corrected chi connectivity index (χ2v) is 2.70. The van der Waals surface area contributed by atoms with Crippen molar-refractivity contribution in [3.05, 3.63) is 60.4 Å². The Bertz CT molecular complexity index is 277. The van der Waals surface area contributed by atoms with Crippen molar-refractivity contribution in [3.8, 4) is 0 Å². The van der Waals surface area contributed by atoms with Crippen molar-refractivity contribution in [1.82, 2.24) is 5.32 Å². The van der Waals surface area contributed by atoms with E-state index < -0.39 is 0 Å². The minimum absolute atomic E-state index is 0.963. The van der Waals surface area contributed by atoms with E-state index in [2.05, 4.69) is 29.6 Å². The van der Waals surface area contributed by atoms with Gasteiger partial charge in [0.25, 0.3) is 0 Å². The molecule has 13 heavy (non-hydrogen) atoms. The quantitative estimate of drug-likeness (QED) is 0.643. The van der Waals surface area contributed by atoms with E-state index in [9.17, 15) is 0 Å². The molecule has 0 aromatic heterocycles. The summed E-state index contributed by atoms with van der Waals surface area (Å²) in [6.07, 6.45) is 19.5. The van der Waals surface area contributed by atoms with Gasteiger partial charge in [-0.05, 0) is 12.5 Å². The molecule has 0 saturated carbocycles. The third-order valence-corrected chi connectivity index (χ3v) is 1.73. The lowest BCUT2D eigenvalue weighted by molar-refractivity contribution is 1.02. The molecule has 0 atom stereocenters. The van der Waals surface area contributed by atoms with Crippen LogP contribution in [-0.4, -0.2) is 7.05 Å². The standard InChI is InChI=1S/C12H15N/c1-13-12-10-8-6-4-2-3-5-7-9-11-12/h2-8,10-11,13H,9H2,1H3/b3-2-,6-4-,7-5-,10-8+,12-11+. The molecule has 68 valence electrons. The molecule has 0 spiro atoms. The largest absolute Gasteiger partial charge is 0.388 e. The highest BCUT2D eigenvalue weighted by atomic mass is 14.8. The molecule has 0 heterocycles. The summed E-state index contributed by atoms with van der Waals surface area (Å²) < 4.78 is 0. The molecular formula is C12H15N. The Hall–Kier alpha value is -1.50. The van der Waals surface area contributed by atoms with Gasteiger partial charge in [-0.1, -0.05) is 48.6 Å². The predicted molar refractivity (Wildman–Crippen MR) is 58.3 cm³/mol. The molecule has 0 aromatic rings. The van der Waals surface area contributed by atoms with Crippen LogP contribution >= 0.6 is 0 Å². The zero-order chi connectivity index (χ0) is 9.36. The first-order chi connectivity index (χ1) is 6.43. The fourth-order valence-corrected chi connectivity index (χ4v) is 1.02. The Kier molecular flexibility index (Phi) is 4.47. The number of nitrogens with one attached hydrogen (secondary N) is 1. The fraction of sp³-hybridized carbons (Fsp3) is 0.167. The van der Waals surface area contributed by atoms with E-state index in [-0.39, 0.29) is 0 Å². The molecule has 0 unspecified atom stereocenters. The molecule has 0 bridgehead atoms. The van der Waals surface area contributed by atoms with Crippen LogP contribution in [0.25, 0.3) is 0 Å². The third-order valence-electron chi connectivity index (χ3n) is 1.73. The van der Waals surface area contributed by atoms with Crippen LogP contribution in [0.1, 0.15) is 6.42 Å². The van der Waals surface area contributed by atoms with Crippen LogP contribution in [0.15, 0.2) is 60.4 Å². The summed E-state index contributed by atoms with van der Waals surface area (Å²) in [5.41, 5.74) is 1.15. The van der Waals surface area contributed by atoms with Gasteiger partial charge in [0, 0.05) is 12.7 Å². The van der Waals surface area contributed by atoms with Crippen LogP contribution in [0.4, 0.5) is 0 Å².